The highest BCUT2D eigenvalue weighted by Gasteiger charge is 2.15. The summed E-state index contributed by atoms with van der Waals surface area (Å²) in [6, 6.07) is 4.29. The quantitative estimate of drug-likeness (QED) is 0.766. The number of hydrogen-bond acceptors (Lipinski definition) is 3. The summed E-state index contributed by atoms with van der Waals surface area (Å²) in [6.07, 6.45) is 1.26. The minimum absolute atomic E-state index is 0.114. The number of carboxylic acid groups (broad SMARTS) is 1. The van der Waals surface area contributed by atoms with Crippen molar-refractivity contribution in [1.29, 1.82) is 0 Å². The van der Waals surface area contributed by atoms with Crippen LogP contribution in [0, 0.1) is 0 Å². The second kappa shape index (κ2) is 8.74. The van der Waals surface area contributed by atoms with Crippen LogP contribution in [0.15, 0.2) is 18.2 Å². The van der Waals surface area contributed by atoms with Crippen molar-refractivity contribution in [3.8, 4) is 5.75 Å². The van der Waals surface area contributed by atoms with Crippen LogP contribution in [0.1, 0.15) is 26.2 Å². The molecule has 0 aliphatic carbocycles. The number of carbonyl (C=O) groups is 2. The number of nitrogens with one attached hydrogen (secondary N) is 1. The van der Waals surface area contributed by atoms with E-state index in [2.05, 4.69) is 5.32 Å². The largest absolute Gasteiger partial charge is 0.482 e. The third-order valence-corrected chi connectivity index (χ3v) is 3.22. The summed E-state index contributed by atoms with van der Waals surface area (Å²) < 4.78 is 5.29. The normalized spacial score (nSPS) is 11.8. The first-order valence-electron chi connectivity index (χ1n) is 6.51. The molecule has 0 heterocycles. The van der Waals surface area contributed by atoms with Crippen LogP contribution in [0.25, 0.3) is 0 Å². The van der Waals surface area contributed by atoms with Gasteiger partial charge in [-0.05, 0) is 18.6 Å². The van der Waals surface area contributed by atoms with Gasteiger partial charge in [0, 0.05) is 17.1 Å². The molecule has 0 bridgehead atoms. The highest BCUT2D eigenvalue weighted by atomic mass is 35.5. The maximum absolute atomic E-state index is 11.8. The molecule has 1 aromatic rings. The van der Waals surface area contributed by atoms with Gasteiger partial charge in [0.25, 0.3) is 5.91 Å². The molecule has 2 N–H and O–H groups in total. The van der Waals surface area contributed by atoms with E-state index in [1.54, 1.807) is 12.1 Å². The molecule has 1 aromatic carbocycles. The van der Waals surface area contributed by atoms with Crippen LogP contribution in [0.2, 0.25) is 10.0 Å². The van der Waals surface area contributed by atoms with Crippen molar-refractivity contribution in [1.82, 2.24) is 5.32 Å². The zero-order valence-corrected chi connectivity index (χ0v) is 13.1. The fourth-order valence-electron chi connectivity index (χ4n) is 1.78. The second-order valence-corrected chi connectivity index (χ2v) is 5.36. The minimum atomic E-state index is -0.951. The van der Waals surface area contributed by atoms with Crippen LogP contribution in [0.5, 0.6) is 5.75 Å². The number of hydrogen-bond donors (Lipinski definition) is 2. The predicted octanol–water partition coefficient (Wildman–Crippen LogP) is 3.13. The lowest BCUT2D eigenvalue weighted by molar-refractivity contribution is -0.137. The second-order valence-electron chi connectivity index (χ2n) is 4.51. The van der Waals surface area contributed by atoms with Gasteiger partial charge in [0.1, 0.15) is 5.75 Å². The van der Waals surface area contributed by atoms with Crippen LogP contribution in [0.3, 0.4) is 0 Å². The molecule has 1 unspecified atom stereocenters. The molecule has 5 nitrogen and oxygen atoms in total. The van der Waals surface area contributed by atoms with E-state index in [0.29, 0.717) is 22.2 Å². The third-order valence-electron chi connectivity index (χ3n) is 2.68. The molecule has 21 heavy (non-hydrogen) atoms. The fourth-order valence-corrected chi connectivity index (χ4v) is 2.12. The molecule has 0 saturated carbocycles. The van der Waals surface area contributed by atoms with Crippen molar-refractivity contribution in [3.63, 3.8) is 0 Å². The smallest absolute Gasteiger partial charge is 0.305 e. The molecule has 7 heteroatoms. The Labute approximate surface area is 133 Å². The third kappa shape index (κ3) is 6.69. The van der Waals surface area contributed by atoms with Gasteiger partial charge in [-0.3, -0.25) is 9.59 Å². The molecule has 1 amide bonds. The first kappa shape index (κ1) is 17.6. The van der Waals surface area contributed by atoms with Crippen molar-refractivity contribution in [3.05, 3.63) is 28.2 Å². The number of carbonyl (C=O) groups excluding carboxylic acids is 1. The Balaban J connectivity index is 2.52. The van der Waals surface area contributed by atoms with Gasteiger partial charge in [0.2, 0.25) is 0 Å². The minimum Gasteiger partial charge on any atom is -0.482 e. The van der Waals surface area contributed by atoms with Gasteiger partial charge in [0.15, 0.2) is 6.61 Å². The molecule has 0 fully saturated rings. The molecule has 0 radical (unpaired) electrons. The lowest BCUT2D eigenvalue weighted by Crippen LogP contribution is -2.39. The Morgan fingerprint density at radius 1 is 1.38 bits per heavy atom. The molecule has 0 aliphatic rings. The summed E-state index contributed by atoms with van der Waals surface area (Å²) in [5.41, 5.74) is 0. The average molecular weight is 334 g/mol. The van der Waals surface area contributed by atoms with E-state index in [1.165, 1.54) is 6.07 Å². The van der Waals surface area contributed by atoms with Gasteiger partial charge in [-0.25, -0.2) is 0 Å². The molecule has 0 aromatic heterocycles. The van der Waals surface area contributed by atoms with Crippen molar-refractivity contribution in [2.24, 2.45) is 0 Å². The molecular formula is C14H17Cl2NO4. The van der Waals surface area contributed by atoms with Crippen molar-refractivity contribution < 1.29 is 19.4 Å². The fraction of sp³-hybridized carbons (Fsp3) is 0.429. The summed E-state index contributed by atoms with van der Waals surface area (Å²) >= 11 is 11.7. The molecule has 0 aliphatic heterocycles. The van der Waals surface area contributed by atoms with Gasteiger partial charge in [-0.2, -0.15) is 0 Å². The standard InChI is InChI=1S/C14H17Cl2NO4/c1-2-3-10(7-14(19)20)17-13(18)8-21-12-6-9(15)4-5-11(12)16/h4-6,10H,2-3,7-8H2,1H3,(H,17,18)(H,19,20). The van der Waals surface area contributed by atoms with E-state index in [4.69, 9.17) is 33.0 Å². The molecule has 0 saturated heterocycles. The van der Waals surface area contributed by atoms with Gasteiger partial charge < -0.3 is 15.2 Å². The Bertz CT molecular complexity index is 508. The number of carboxylic acids is 1. The van der Waals surface area contributed by atoms with E-state index >= 15 is 0 Å². The molecule has 116 valence electrons. The maximum atomic E-state index is 11.8. The number of amides is 1. The molecule has 1 atom stereocenters. The lowest BCUT2D eigenvalue weighted by Gasteiger charge is -2.16. The summed E-state index contributed by atoms with van der Waals surface area (Å²) in [4.78, 5) is 22.5. The Morgan fingerprint density at radius 3 is 2.71 bits per heavy atom. The predicted molar refractivity (Wildman–Crippen MR) is 81.0 cm³/mol. The summed E-state index contributed by atoms with van der Waals surface area (Å²) in [5.74, 6) is -1.04. The van der Waals surface area contributed by atoms with Crippen LogP contribution in [-0.4, -0.2) is 29.6 Å². The Hall–Kier alpha value is -1.46. The van der Waals surface area contributed by atoms with Gasteiger partial charge in [-0.15, -0.1) is 0 Å². The maximum Gasteiger partial charge on any atom is 0.305 e. The van der Waals surface area contributed by atoms with Crippen molar-refractivity contribution >= 4 is 35.1 Å². The zero-order valence-electron chi connectivity index (χ0n) is 11.6. The molecular weight excluding hydrogens is 317 g/mol. The van der Waals surface area contributed by atoms with Gasteiger partial charge in [0.05, 0.1) is 11.4 Å². The highest BCUT2D eigenvalue weighted by molar-refractivity contribution is 6.34. The van der Waals surface area contributed by atoms with Crippen LogP contribution >= 0.6 is 23.2 Å². The monoisotopic (exact) mass is 333 g/mol. The first-order valence-corrected chi connectivity index (χ1v) is 7.27. The van der Waals surface area contributed by atoms with E-state index in [1.807, 2.05) is 6.92 Å². The van der Waals surface area contributed by atoms with Gasteiger partial charge >= 0.3 is 5.97 Å². The number of rotatable bonds is 8. The van der Waals surface area contributed by atoms with Crippen LogP contribution in [-0.2, 0) is 9.59 Å². The number of halogens is 2. The van der Waals surface area contributed by atoms with Crippen molar-refractivity contribution in [2.45, 2.75) is 32.2 Å². The van der Waals surface area contributed by atoms with Gasteiger partial charge in [-0.1, -0.05) is 36.5 Å². The van der Waals surface area contributed by atoms with E-state index in [9.17, 15) is 9.59 Å². The topological polar surface area (TPSA) is 75.6 Å². The zero-order chi connectivity index (χ0) is 15.8. The Kier molecular flexibility index (Phi) is 7.32. The highest BCUT2D eigenvalue weighted by Crippen LogP contribution is 2.27. The molecule has 0 spiro atoms. The van der Waals surface area contributed by atoms with E-state index < -0.39 is 17.9 Å². The SMILES string of the molecule is CCCC(CC(=O)O)NC(=O)COc1cc(Cl)ccc1Cl. The summed E-state index contributed by atoms with van der Waals surface area (Å²) in [6.45, 7) is 1.67. The number of aliphatic carboxylic acids is 1. The lowest BCUT2D eigenvalue weighted by atomic mass is 10.1. The van der Waals surface area contributed by atoms with E-state index in [0.717, 1.165) is 6.42 Å². The number of benzene rings is 1. The number of ether oxygens (including phenoxy) is 1. The molecule has 1 rings (SSSR count). The summed E-state index contributed by atoms with van der Waals surface area (Å²) in [5, 5.41) is 12.2. The average Bonchev–Trinajstić information content (AvgIpc) is 2.39. The van der Waals surface area contributed by atoms with E-state index in [-0.39, 0.29) is 13.0 Å². The van der Waals surface area contributed by atoms with Crippen molar-refractivity contribution in [2.75, 3.05) is 6.61 Å². The Morgan fingerprint density at radius 2 is 2.10 bits per heavy atom. The van der Waals surface area contributed by atoms with Crippen LogP contribution < -0.4 is 10.1 Å². The van der Waals surface area contributed by atoms with Crippen LogP contribution in [0.4, 0.5) is 0 Å². The first-order chi connectivity index (χ1) is 9.92. The summed E-state index contributed by atoms with van der Waals surface area (Å²) in [7, 11) is 0.